The summed E-state index contributed by atoms with van der Waals surface area (Å²) < 4.78 is 89.5. The molecule has 1 amide bonds. The second-order valence-electron chi connectivity index (χ2n) is 7.23. The number of alkyl halides is 6. The average molecular weight is 518 g/mol. The van der Waals surface area contributed by atoms with Crippen molar-refractivity contribution >= 4 is 28.9 Å². The molecule has 12 heteroatoms. The van der Waals surface area contributed by atoms with Crippen LogP contribution < -0.4 is 9.47 Å². The Bertz CT molecular complexity index is 1170. The van der Waals surface area contributed by atoms with Gasteiger partial charge in [-0.3, -0.25) is 14.7 Å². The van der Waals surface area contributed by atoms with E-state index in [0.29, 0.717) is 28.9 Å². The van der Waals surface area contributed by atoms with Crippen LogP contribution >= 0.6 is 11.8 Å². The molecule has 1 heterocycles. The van der Waals surface area contributed by atoms with Crippen molar-refractivity contribution in [2.24, 2.45) is 4.99 Å². The van der Waals surface area contributed by atoms with Crippen LogP contribution in [0.4, 0.5) is 31.1 Å². The number of nitrogens with zero attached hydrogens (tertiary/aromatic N) is 2. The van der Waals surface area contributed by atoms with Crippen LogP contribution in [0.25, 0.3) is 6.08 Å². The fourth-order valence-corrected chi connectivity index (χ4v) is 4.36. The van der Waals surface area contributed by atoms with Gasteiger partial charge in [-0.15, -0.1) is 0 Å². The van der Waals surface area contributed by atoms with E-state index < -0.39 is 35.6 Å². The van der Waals surface area contributed by atoms with Gasteiger partial charge >= 0.3 is 12.4 Å². The van der Waals surface area contributed by atoms with E-state index >= 15 is 0 Å². The largest absolute Gasteiger partial charge is 0.493 e. The Morgan fingerprint density at radius 1 is 1.03 bits per heavy atom. The Kier molecular flexibility index (Phi) is 7.73. The van der Waals surface area contributed by atoms with Gasteiger partial charge < -0.3 is 9.47 Å². The zero-order valence-corrected chi connectivity index (χ0v) is 19.6. The number of likely N-dealkylation sites (N-methyl/N-ethyl adjacent to an activating group) is 1. The molecule has 0 atom stereocenters. The number of thioether (sulfide) groups is 1. The van der Waals surface area contributed by atoms with Crippen molar-refractivity contribution in [1.82, 2.24) is 4.90 Å². The Hall–Kier alpha value is -3.15. The van der Waals surface area contributed by atoms with Crippen LogP contribution in [0.3, 0.4) is 0 Å². The van der Waals surface area contributed by atoms with Crippen LogP contribution in [-0.2, 0) is 19.0 Å². The lowest BCUT2D eigenvalue weighted by atomic mass is 10.0. The number of hydrogen-bond acceptors (Lipinski definition) is 5. The lowest BCUT2D eigenvalue weighted by Gasteiger charge is -2.17. The van der Waals surface area contributed by atoms with Crippen LogP contribution in [0.5, 0.6) is 11.5 Å². The van der Waals surface area contributed by atoms with Gasteiger partial charge in [0.15, 0.2) is 11.5 Å². The number of carbonyl (C=O) groups is 1. The number of hydrogen-bond donors (Lipinski definition) is 0. The van der Waals surface area contributed by atoms with Crippen LogP contribution in [0.2, 0.25) is 0 Å². The molecule has 2 aromatic carbocycles. The molecule has 0 radical (unpaired) electrons. The molecule has 1 aliphatic heterocycles. The fraction of sp³-hybridized carbons (Fsp3) is 0.304. The molecule has 0 spiro atoms. The minimum atomic E-state index is -5.00. The Labute approximate surface area is 201 Å². The molecule has 0 aliphatic carbocycles. The maximum Gasteiger partial charge on any atom is 0.416 e. The van der Waals surface area contributed by atoms with Gasteiger partial charge in [0, 0.05) is 19.2 Å². The average Bonchev–Trinajstić information content (AvgIpc) is 3.10. The summed E-state index contributed by atoms with van der Waals surface area (Å²) in [5, 5.41) is -0.164. The van der Waals surface area contributed by atoms with Gasteiger partial charge in [-0.25, -0.2) is 0 Å². The molecular weight excluding hydrogens is 498 g/mol. The smallest absolute Gasteiger partial charge is 0.416 e. The summed E-state index contributed by atoms with van der Waals surface area (Å²) in [6.07, 6.45) is -8.20. The molecule has 188 valence electrons. The van der Waals surface area contributed by atoms with Crippen molar-refractivity contribution < 1.29 is 40.6 Å². The van der Waals surface area contributed by atoms with E-state index in [0.717, 1.165) is 17.8 Å². The molecule has 5 nitrogen and oxygen atoms in total. The number of amidine groups is 1. The van der Waals surface area contributed by atoms with E-state index in [1.54, 1.807) is 25.3 Å². The second-order valence-corrected chi connectivity index (χ2v) is 8.23. The number of ether oxygens (including phenoxy) is 2. The minimum absolute atomic E-state index is 0.0677. The van der Waals surface area contributed by atoms with E-state index in [9.17, 15) is 31.1 Å². The van der Waals surface area contributed by atoms with Crippen LogP contribution in [-0.4, -0.2) is 36.7 Å². The standard InChI is InChI=1S/C23H20F6N2O3S/c1-4-31-20(30-2)19(35-21(31)32)10-13-5-8-17(18(9-13)33-3)34-12-14-6-7-15(22(24,25)26)11-16(14)23(27,28)29/h5-11H,4,12H2,1-3H3. The monoisotopic (exact) mass is 518 g/mol. The first-order valence-electron chi connectivity index (χ1n) is 10.1. The number of methoxy groups -OCH3 is 1. The number of rotatable bonds is 6. The van der Waals surface area contributed by atoms with Crippen molar-refractivity contribution in [2.75, 3.05) is 20.7 Å². The third-order valence-corrected chi connectivity index (χ3v) is 5.95. The summed E-state index contributed by atoms with van der Waals surface area (Å²) in [7, 11) is 2.91. The predicted octanol–water partition coefficient (Wildman–Crippen LogP) is 6.87. The summed E-state index contributed by atoms with van der Waals surface area (Å²) in [4.78, 5) is 18.4. The van der Waals surface area contributed by atoms with Crippen molar-refractivity contribution in [3.8, 4) is 11.5 Å². The number of benzene rings is 2. The predicted molar refractivity (Wildman–Crippen MR) is 120 cm³/mol. The van der Waals surface area contributed by atoms with Crippen molar-refractivity contribution in [2.45, 2.75) is 25.9 Å². The van der Waals surface area contributed by atoms with E-state index in [1.165, 1.54) is 18.1 Å². The van der Waals surface area contributed by atoms with Crippen LogP contribution in [0, 0.1) is 0 Å². The molecule has 0 saturated carbocycles. The van der Waals surface area contributed by atoms with E-state index in [2.05, 4.69) is 4.99 Å². The molecule has 0 unspecified atom stereocenters. The Morgan fingerprint density at radius 2 is 1.74 bits per heavy atom. The van der Waals surface area contributed by atoms with Crippen LogP contribution in [0.15, 0.2) is 46.3 Å². The summed E-state index contributed by atoms with van der Waals surface area (Å²) in [6, 6.07) is 6.02. The first-order valence-corrected chi connectivity index (χ1v) is 11.0. The lowest BCUT2D eigenvalue weighted by molar-refractivity contribution is -0.143. The molecule has 0 aromatic heterocycles. The number of carbonyl (C=O) groups excluding carboxylic acids is 1. The highest BCUT2D eigenvalue weighted by molar-refractivity contribution is 8.18. The van der Waals surface area contributed by atoms with E-state index in [1.807, 2.05) is 6.92 Å². The van der Waals surface area contributed by atoms with Gasteiger partial charge in [-0.05, 0) is 54.6 Å². The maximum absolute atomic E-state index is 13.4. The Balaban J connectivity index is 1.86. The zero-order chi connectivity index (χ0) is 26.0. The molecule has 1 aliphatic rings. The minimum Gasteiger partial charge on any atom is -0.493 e. The summed E-state index contributed by atoms with van der Waals surface area (Å²) in [6.45, 7) is 1.64. The molecule has 0 bridgehead atoms. The normalized spacial score (nSPS) is 16.9. The van der Waals surface area contributed by atoms with Gasteiger partial charge in [0.05, 0.1) is 23.1 Å². The van der Waals surface area contributed by atoms with Gasteiger partial charge in [0.25, 0.3) is 5.24 Å². The second kappa shape index (κ2) is 10.2. The molecular formula is C23H20F6N2O3S. The van der Waals surface area contributed by atoms with Gasteiger partial charge in [-0.1, -0.05) is 12.1 Å². The number of amides is 1. The highest BCUT2D eigenvalue weighted by atomic mass is 32.2. The third kappa shape index (κ3) is 5.92. The highest BCUT2D eigenvalue weighted by Gasteiger charge is 2.38. The molecule has 0 N–H and O–H groups in total. The first kappa shape index (κ1) is 26.5. The highest BCUT2D eigenvalue weighted by Crippen LogP contribution is 2.39. The van der Waals surface area contributed by atoms with Crippen LogP contribution in [0.1, 0.15) is 29.2 Å². The number of aliphatic imine (C=N–C) groups is 1. The number of halogens is 6. The third-order valence-electron chi connectivity index (χ3n) is 5.03. The SMILES string of the molecule is CCN1C(=O)SC(=Cc2ccc(OCc3ccc(C(F)(F)F)cc3C(F)(F)F)c(OC)c2)C1=NC. The van der Waals surface area contributed by atoms with Crippen molar-refractivity contribution in [1.29, 1.82) is 0 Å². The zero-order valence-electron chi connectivity index (χ0n) is 18.8. The first-order chi connectivity index (χ1) is 16.4. The molecule has 3 rings (SSSR count). The quantitative estimate of drug-likeness (QED) is 0.392. The molecule has 2 aromatic rings. The fourth-order valence-electron chi connectivity index (χ4n) is 3.36. The molecule has 35 heavy (non-hydrogen) atoms. The Morgan fingerprint density at radius 3 is 2.31 bits per heavy atom. The summed E-state index contributed by atoms with van der Waals surface area (Å²) in [5.41, 5.74) is -2.66. The topological polar surface area (TPSA) is 51.1 Å². The summed E-state index contributed by atoms with van der Waals surface area (Å²) in [5.74, 6) is 0.803. The van der Waals surface area contributed by atoms with Gasteiger partial charge in [-0.2, -0.15) is 26.3 Å². The van der Waals surface area contributed by atoms with E-state index in [-0.39, 0.29) is 22.8 Å². The van der Waals surface area contributed by atoms with Gasteiger partial charge in [0.1, 0.15) is 12.4 Å². The van der Waals surface area contributed by atoms with Crippen molar-refractivity contribution in [3.05, 3.63) is 63.6 Å². The lowest BCUT2D eigenvalue weighted by Crippen LogP contribution is -2.27. The van der Waals surface area contributed by atoms with Crippen molar-refractivity contribution in [3.63, 3.8) is 0 Å². The molecule has 1 fully saturated rings. The molecule has 1 saturated heterocycles. The maximum atomic E-state index is 13.4. The van der Waals surface area contributed by atoms with E-state index in [4.69, 9.17) is 9.47 Å². The van der Waals surface area contributed by atoms with Gasteiger partial charge in [0.2, 0.25) is 0 Å². The summed E-state index contributed by atoms with van der Waals surface area (Å²) >= 11 is 1.02.